The second kappa shape index (κ2) is 11.3. The molecule has 0 N–H and O–H groups in total. The van der Waals surface area contributed by atoms with Gasteiger partial charge in [-0.1, -0.05) is 46.0 Å². The van der Waals surface area contributed by atoms with Gasteiger partial charge in [0.25, 0.3) is 0 Å². The monoisotopic (exact) mass is 382 g/mol. The van der Waals surface area contributed by atoms with E-state index in [1.165, 1.54) is 37.8 Å². The van der Waals surface area contributed by atoms with Gasteiger partial charge in [-0.25, -0.2) is 0 Å². The van der Waals surface area contributed by atoms with Gasteiger partial charge in [0.2, 0.25) is 11.6 Å². The number of benzene rings is 1. The predicted molar refractivity (Wildman–Crippen MR) is 102 cm³/mol. The van der Waals surface area contributed by atoms with Gasteiger partial charge >= 0.3 is 5.97 Å². The SMILES string of the molecule is CCCCCC1CCC(C(=O)Oc2ccc(OCCCC)c(F)c2F)CC1. The largest absolute Gasteiger partial charge is 0.490 e. The summed E-state index contributed by atoms with van der Waals surface area (Å²) >= 11 is 0. The number of esters is 1. The molecule has 5 heteroatoms. The van der Waals surface area contributed by atoms with Gasteiger partial charge in [0.15, 0.2) is 11.5 Å². The first-order valence-corrected chi connectivity index (χ1v) is 10.4. The zero-order chi connectivity index (χ0) is 19.6. The molecule has 2 rings (SSSR count). The molecule has 27 heavy (non-hydrogen) atoms. The molecule has 0 heterocycles. The van der Waals surface area contributed by atoms with E-state index < -0.39 is 17.6 Å². The Kier molecular flexibility index (Phi) is 9.02. The molecule has 1 aliphatic carbocycles. The third-order valence-corrected chi connectivity index (χ3v) is 5.37. The molecule has 0 amide bonds. The van der Waals surface area contributed by atoms with Gasteiger partial charge in [0.05, 0.1) is 12.5 Å². The predicted octanol–water partition coefficient (Wildman–Crippen LogP) is 6.44. The van der Waals surface area contributed by atoms with Gasteiger partial charge < -0.3 is 9.47 Å². The molecular weight excluding hydrogens is 350 g/mol. The minimum atomic E-state index is -1.16. The molecule has 1 saturated carbocycles. The van der Waals surface area contributed by atoms with Crippen molar-refractivity contribution in [1.29, 1.82) is 0 Å². The summed E-state index contributed by atoms with van der Waals surface area (Å²) in [6.45, 7) is 4.51. The number of unbranched alkanes of at least 4 members (excludes halogenated alkanes) is 3. The van der Waals surface area contributed by atoms with Crippen molar-refractivity contribution in [3.63, 3.8) is 0 Å². The maximum Gasteiger partial charge on any atom is 0.314 e. The van der Waals surface area contributed by atoms with Crippen LogP contribution in [0.3, 0.4) is 0 Å². The Morgan fingerprint density at radius 3 is 2.26 bits per heavy atom. The number of halogens is 2. The Bertz CT molecular complexity index is 595. The van der Waals surface area contributed by atoms with Crippen molar-refractivity contribution in [2.45, 2.75) is 78.1 Å². The fourth-order valence-electron chi connectivity index (χ4n) is 3.59. The molecule has 1 aliphatic rings. The first-order chi connectivity index (χ1) is 13.1. The van der Waals surface area contributed by atoms with E-state index in [-0.39, 0.29) is 17.4 Å². The summed E-state index contributed by atoms with van der Waals surface area (Å²) in [7, 11) is 0. The quantitative estimate of drug-likeness (QED) is 0.265. The van der Waals surface area contributed by atoms with Crippen LogP contribution in [-0.4, -0.2) is 12.6 Å². The zero-order valence-corrected chi connectivity index (χ0v) is 16.6. The van der Waals surface area contributed by atoms with E-state index in [1.54, 1.807) is 0 Å². The number of rotatable bonds is 10. The highest BCUT2D eigenvalue weighted by Crippen LogP contribution is 2.34. The molecule has 152 valence electrons. The second-order valence-corrected chi connectivity index (χ2v) is 7.53. The summed E-state index contributed by atoms with van der Waals surface area (Å²) in [6.07, 6.45) is 10.1. The van der Waals surface area contributed by atoms with Gasteiger partial charge in [-0.05, 0) is 50.2 Å². The van der Waals surface area contributed by atoms with Crippen LogP contribution in [0.25, 0.3) is 0 Å². The normalized spacial score (nSPS) is 19.7. The van der Waals surface area contributed by atoms with E-state index in [9.17, 15) is 13.6 Å². The van der Waals surface area contributed by atoms with Crippen LogP contribution in [0.2, 0.25) is 0 Å². The van der Waals surface area contributed by atoms with Gasteiger partial charge in [-0.2, -0.15) is 8.78 Å². The Labute approximate surface area is 161 Å². The van der Waals surface area contributed by atoms with E-state index in [1.807, 2.05) is 6.92 Å². The highest BCUT2D eigenvalue weighted by Gasteiger charge is 2.28. The van der Waals surface area contributed by atoms with Crippen molar-refractivity contribution >= 4 is 5.97 Å². The Morgan fingerprint density at radius 1 is 0.963 bits per heavy atom. The van der Waals surface area contributed by atoms with E-state index in [0.717, 1.165) is 38.5 Å². The molecular formula is C22H32F2O3. The first-order valence-electron chi connectivity index (χ1n) is 10.4. The van der Waals surface area contributed by atoms with Gasteiger partial charge in [-0.15, -0.1) is 0 Å². The molecule has 0 radical (unpaired) electrons. The van der Waals surface area contributed by atoms with Crippen LogP contribution < -0.4 is 9.47 Å². The van der Waals surface area contributed by atoms with E-state index in [2.05, 4.69) is 6.92 Å². The number of carbonyl (C=O) groups is 1. The highest BCUT2D eigenvalue weighted by atomic mass is 19.2. The highest BCUT2D eigenvalue weighted by molar-refractivity contribution is 5.75. The minimum Gasteiger partial charge on any atom is -0.490 e. The second-order valence-electron chi connectivity index (χ2n) is 7.53. The lowest BCUT2D eigenvalue weighted by atomic mass is 9.80. The molecule has 0 aliphatic heterocycles. The number of hydrogen-bond donors (Lipinski definition) is 0. The molecule has 0 bridgehead atoms. The van der Waals surface area contributed by atoms with Crippen LogP contribution in [0.1, 0.15) is 78.1 Å². The molecule has 1 fully saturated rings. The molecule has 1 aromatic carbocycles. The van der Waals surface area contributed by atoms with Crippen LogP contribution in [0, 0.1) is 23.5 Å². The first kappa shape index (κ1) is 21.6. The van der Waals surface area contributed by atoms with E-state index >= 15 is 0 Å². The fourth-order valence-corrected chi connectivity index (χ4v) is 3.59. The molecule has 0 spiro atoms. The summed E-state index contributed by atoms with van der Waals surface area (Å²) in [6, 6.07) is 2.59. The molecule has 0 unspecified atom stereocenters. The molecule has 3 nitrogen and oxygen atoms in total. The molecule has 0 saturated heterocycles. The Balaban J connectivity index is 1.86. The topological polar surface area (TPSA) is 35.5 Å². The summed E-state index contributed by atoms with van der Waals surface area (Å²) in [4.78, 5) is 12.4. The number of hydrogen-bond acceptors (Lipinski definition) is 3. The summed E-state index contributed by atoms with van der Waals surface area (Å²) in [5, 5.41) is 0. The lowest BCUT2D eigenvalue weighted by Gasteiger charge is -2.27. The third kappa shape index (κ3) is 6.47. The van der Waals surface area contributed by atoms with Crippen LogP contribution >= 0.6 is 0 Å². The molecule has 1 aromatic rings. The van der Waals surface area contributed by atoms with Gasteiger partial charge in [0, 0.05) is 0 Å². The summed E-state index contributed by atoms with van der Waals surface area (Å²) in [5.41, 5.74) is 0. The smallest absolute Gasteiger partial charge is 0.314 e. The minimum absolute atomic E-state index is 0.145. The van der Waals surface area contributed by atoms with Gasteiger partial charge in [0.1, 0.15) is 0 Å². The van der Waals surface area contributed by atoms with E-state index in [4.69, 9.17) is 9.47 Å². The number of carbonyl (C=O) groups excluding carboxylic acids is 1. The van der Waals surface area contributed by atoms with Crippen molar-refractivity contribution < 1.29 is 23.0 Å². The van der Waals surface area contributed by atoms with Crippen LogP contribution in [0.4, 0.5) is 8.78 Å². The lowest BCUT2D eigenvalue weighted by molar-refractivity contribution is -0.140. The van der Waals surface area contributed by atoms with Crippen LogP contribution in [-0.2, 0) is 4.79 Å². The van der Waals surface area contributed by atoms with Gasteiger partial charge in [-0.3, -0.25) is 4.79 Å². The summed E-state index contributed by atoms with van der Waals surface area (Å²) in [5.74, 6) is -2.77. The molecule has 0 atom stereocenters. The van der Waals surface area contributed by atoms with Crippen molar-refractivity contribution in [3.8, 4) is 11.5 Å². The average Bonchev–Trinajstić information content (AvgIpc) is 2.68. The Morgan fingerprint density at radius 2 is 1.59 bits per heavy atom. The third-order valence-electron chi connectivity index (χ3n) is 5.37. The summed E-state index contributed by atoms with van der Waals surface area (Å²) < 4.78 is 38.7. The molecule has 0 aromatic heterocycles. The van der Waals surface area contributed by atoms with Crippen LogP contribution in [0.5, 0.6) is 11.5 Å². The average molecular weight is 382 g/mol. The lowest BCUT2D eigenvalue weighted by Crippen LogP contribution is -2.26. The standard InChI is InChI=1S/C22H32F2O3/c1-3-5-7-8-16-9-11-17(12-10-16)22(25)27-19-14-13-18(20(23)21(19)24)26-15-6-4-2/h13-14,16-17H,3-12,15H2,1-2H3. The van der Waals surface area contributed by atoms with Crippen molar-refractivity contribution in [3.05, 3.63) is 23.8 Å². The Hall–Kier alpha value is -1.65. The maximum atomic E-state index is 14.2. The van der Waals surface area contributed by atoms with Crippen molar-refractivity contribution in [2.24, 2.45) is 11.8 Å². The maximum absolute atomic E-state index is 14.2. The van der Waals surface area contributed by atoms with E-state index in [0.29, 0.717) is 12.5 Å². The number of ether oxygens (including phenoxy) is 2. The fraction of sp³-hybridized carbons (Fsp3) is 0.682. The van der Waals surface area contributed by atoms with Crippen molar-refractivity contribution in [2.75, 3.05) is 6.61 Å². The van der Waals surface area contributed by atoms with Crippen molar-refractivity contribution in [1.82, 2.24) is 0 Å². The van der Waals surface area contributed by atoms with Crippen LogP contribution in [0.15, 0.2) is 12.1 Å². The zero-order valence-electron chi connectivity index (χ0n) is 16.6.